The summed E-state index contributed by atoms with van der Waals surface area (Å²) in [6.07, 6.45) is 2.91. The van der Waals surface area contributed by atoms with E-state index in [1.165, 1.54) is 0 Å². The molecule has 0 aliphatic rings. The van der Waals surface area contributed by atoms with Gasteiger partial charge in [0.1, 0.15) is 0 Å². The van der Waals surface area contributed by atoms with Gasteiger partial charge in [-0.05, 0) is 63.8 Å². The molecule has 7 nitrogen and oxygen atoms in total. The molecule has 130 valence electrons. The van der Waals surface area contributed by atoms with Gasteiger partial charge < -0.3 is 16.0 Å². The summed E-state index contributed by atoms with van der Waals surface area (Å²) in [6, 6.07) is 6.32. The minimum atomic E-state index is -3.31. The van der Waals surface area contributed by atoms with E-state index in [4.69, 9.17) is 5.73 Å². The molecule has 0 radical (unpaired) electrons. The van der Waals surface area contributed by atoms with Crippen molar-refractivity contribution in [1.82, 2.24) is 10.2 Å². The lowest BCUT2D eigenvalue weighted by Crippen LogP contribution is -2.29. The zero-order valence-electron chi connectivity index (χ0n) is 13.7. The Morgan fingerprint density at radius 3 is 2.35 bits per heavy atom. The zero-order chi connectivity index (χ0) is 17.3. The Hall–Kier alpha value is -1.64. The summed E-state index contributed by atoms with van der Waals surface area (Å²) in [5, 5.41) is 2.85. The van der Waals surface area contributed by atoms with E-state index >= 15 is 0 Å². The van der Waals surface area contributed by atoms with Crippen LogP contribution in [0.2, 0.25) is 0 Å². The van der Waals surface area contributed by atoms with Crippen molar-refractivity contribution in [2.45, 2.75) is 12.8 Å². The molecular formula is C15H26N4O3S. The van der Waals surface area contributed by atoms with Gasteiger partial charge in [0.2, 0.25) is 10.0 Å². The zero-order valence-corrected chi connectivity index (χ0v) is 14.5. The van der Waals surface area contributed by atoms with Crippen molar-refractivity contribution in [3.05, 3.63) is 29.8 Å². The summed E-state index contributed by atoms with van der Waals surface area (Å²) in [6.45, 7) is 3.14. The highest BCUT2D eigenvalue weighted by Crippen LogP contribution is 2.10. The second kappa shape index (κ2) is 9.49. The summed E-state index contributed by atoms with van der Waals surface area (Å²) in [5.41, 5.74) is 6.39. The number of carbonyl (C=O) groups excluding carboxylic acids is 1. The first-order valence-electron chi connectivity index (χ1n) is 7.56. The highest BCUT2D eigenvalue weighted by atomic mass is 32.2. The van der Waals surface area contributed by atoms with Crippen LogP contribution in [0.5, 0.6) is 0 Å². The number of benzene rings is 1. The molecule has 0 atom stereocenters. The van der Waals surface area contributed by atoms with E-state index in [0.717, 1.165) is 32.2 Å². The molecule has 0 fully saturated rings. The monoisotopic (exact) mass is 342 g/mol. The van der Waals surface area contributed by atoms with E-state index in [1.807, 2.05) is 7.05 Å². The molecule has 8 heteroatoms. The number of hydrogen-bond acceptors (Lipinski definition) is 5. The summed E-state index contributed by atoms with van der Waals surface area (Å²) in [5.74, 6) is -0.166. The Morgan fingerprint density at radius 2 is 1.78 bits per heavy atom. The lowest BCUT2D eigenvalue weighted by atomic mass is 10.2. The third-order valence-corrected chi connectivity index (χ3v) is 3.80. The predicted molar refractivity (Wildman–Crippen MR) is 93.0 cm³/mol. The molecule has 0 aliphatic carbocycles. The first-order chi connectivity index (χ1) is 10.8. The molecule has 0 unspecified atom stereocenters. The van der Waals surface area contributed by atoms with Gasteiger partial charge >= 0.3 is 0 Å². The minimum absolute atomic E-state index is 0.166. The van der Waals surface area contributed by atoms with E-state index in [9.17, 15) is 13.2 Å². The van der Waals surface area contributed by atoms with Crippen LogP contribution in [0.25, 0.3) is 0 Å². The molecule has 4 N–H and O–H groups in total. The second-order valence-electron chi connectivity index (χ2n) is 5.51. The number of carbonyl (C=O) groups is 1. The van der Waals surface area contributed by atoms with Gasteiger partial charge in [-0.3, -0.25) is 9.52 Å². The predicted octanol–water partition coefficient (Wildman–Crippen LogP) is 0.459. The molecule has 0 aliphatic heterocycles. The highest BCUT2D eigenvalue weighted by Gasteiger charge is 2.06. The van der Waals surface area contributed by atoms with Crippen LogP contribution in [-0.4, -0.2) is 58.7 Å². The minimum Gasteiger partial charge on any atom is -0.352 e. The fourth-order valence-corrected chi connectivity index (χ4v) is 2.59. The number of anilines is 1. The van der Waals surface area contributed by atoms with Crippen molar-refractivity contribution in [2.24, 2.45) is 5.73 Å². The average Bonchev–Trinajstić information content (AvgIpc) is 2.48. The Kier molecular flexibility index (Phi) is 8.01. The van der Waals surface area contributed by atoms with Gasteiger partial charge in [0.15, 0.2) is 0 Å². The summed E-state index contributed by atoms with van der Waals surface area (Å²) in [7, 11) is -1.27. The first-order valence-corrected chi connectivity index (χ1v) is 9.45. The van der Waals surface area contributed by atoms with Crippen LogP contribution in [0, 0.1) is 0 Å². The lowest BCUT2D eigenvalue weighted by Gasteiger charge is -2.15. The van der Waals surface area contributed by atoms with Crippen molar-refractivity contribution in [3.63, 3.8) is 0 Å². The van der Waals surface area contributed by atoms with Crippen LogP contribution in [0.3, 0.4) is 0 Å². The smallest absolute Gasteiger partial charge is 0.251 e. The molecule has 0 heterocycles. The van der Waals surface area contributed by atoms with Crippen molar-refractivity contribution in [3.8, 4) is 0 Å². The number of nitrogens with two attached hydrogens (primary N) is 1. The third-order valence-electron chi connectivity index (χ3n) is 3.20. The second-order valence-corrected chi connectivity index (χ2v) is 7.25. The van der Waals surface area contributed by atoms with E-state index in [0.29, 0.717) is 24.3 Å². The SMILES string of the molecule is CN(CCCN)CCCNC(=O)c1ccc(NS(C)(=O)=O)cc1. The molecule has 1 aromatic rings. The normalized spacial score (nSPS) is 11.5. The van der Waals surface area contributed by atoms with Crippen molar-refractivity contribution in [1.29, 1.82) is 0 Å². The van der Waals surface area contributed by atoms with Crippen LogP contribution in [0.4, 0.5) is 5.69 Å². The third kappa shape index (κ3) is 8.53. The van der Waals surface area contributed by atoms with Gasteiger partial charge in [-0.15, -0.1) is 0 Å². The Labute approximate surface area is 138 Å². The standard InChI is InChI=1S/C15H26N4O3S/c1-19(11-3-9-16)12-4-10-17-15(20)13-5-7-14(8-6-13)18-23(2,21)22/h5-8,18H,3-4,9-12,16H2,1-2H3,(H,17,20). The molecule has 1 amide bonds. The van der Waals surface area contributed by atoms with Crippen LogP contribution < -0.4 is 15.8 Å². The van der Waals surface area contributed by atoms with Crippen molar-refractivity contribution in [2.75, 3.05) is 44.2 Å². The largest absolute Gasteiger partial charge is 0.352 e. The number of nitrogens with one attached hydrogen (secondary N) is 2. The molecule has 1 aromatic carbocycles. The fraction of sp³-hybridized carbons (Fsp3) is 0.533. The lowest BCUT2D eigenvalue weighted by molar-refractivity contribution is 0.0952. The maximum atomic E-state index is 12.0. The van der Waals surface area contributed by atoms with E-state index in [1.54, 1.807) is 24.3 Å². The van der Waals surface area contributed by atoms with E-state index in [-0.39, 0.29) is 5.91 Å². The fourth-order valence-electron chi connectivity index (χ4n) is 2.03. The molecule has 0 bridgehead atoms. The van der Waals surface area contributed by atoms with Gasteiger partial charge in [0, 0.05) is 17.8 Å². The van der Waals surface area contributed by atoms with Crippen LogP contribution in [0.15, 0.2) is 24.3 Å². The maximum Gasteiger partial charge on any atom is 0.251 e. The summed E-state index contributed by atoms with van der Waals surface area (Å²) < 4.78 is 24.6. The Morgan fingerprint density at radius 1 is 1.17 bits per heavy atom. The van der Waals surface area contributed by atoms with Crippen LogP contribution >= 0.6 is 0 Å². The first kappa shape index (κ1) is 19.4. The Bertz CT molecular complexity index is 587. The number of hydrogen-bond donors (Lipinski definition) is 3. The van der Waals surface area contributed by atoms with E-state index in [2.05, 4.69) is 14.9 Å². The van der Waals surface area contributed by atoms with E-state index < -0.39 is 10.0 Å². The molecular weight excluding hydrogens is 316 g/mol. The molecule has 0 saturated carbocycles. The van der Waals surface area contributed by atoms with Crippen molar-refractivity contribution >= 4 is 21.6 Å². The quantitative estimate of drug-likeness (QED) is 0.536. The topological polar surface area (TPSA) is 105 Å². The van der Waals surface area contributed by atoms with Crippen LogP contribution in [-0.2, 0) is 10.0 Å². The van der Waals surface area contributed by atoms with Gasteiger partial charge in [-0.2, -0.15) is 0 Å². The maximum absolute atomic E-state index is 12.0. The van der Waals surface area contributed by atoms with Gasteiger partial charge in [0.25, 0.3) is 5.91 Å². The number of nitrogens with zero attached hydrogens (tertiary/aromatic N) is 1. The summed E-state index contributed by atoms with van der Waals surface area (Å²) >= 11 is 0. The average molecular weight is 342 g/mol. The molecule has 1 rings (SSSR count). The Balaban J connectivity index is 2.35. The molecule has 23 heavy (non-hydrogen) atoms. The van der Waals surface area contributed by atoms with Gasteiger partial charge in [-0.25, -0.2) is 8.42 Å². The van der Waals surface area contributed by atoms with Gasteiger partial charge in [0.05, 0.1) is 6.26 Å². The van der Waals surface area contributed by atoms with Gasteiger partial charge in [-0.1, -0.05) is 0 Å². The molecule has 0 saturated heterocycles. The number of rotatable bonds is 10. The number of sulfonamides is 1. The highest BCUT2D eigenvalue weighted by molar-refractivity contribution is 7.92. The molecule has 0 aromatic heterocycles. The van der Waals surface area contributed by atoms with Crippen LogP contribution in [0.1, 0.15) is 23.2 Å². The molecule has 0 spiro atoms. The van der Waals surface area contributed by atoms with Crippen molar-refractivity contribution < 1.29 is 13.2 Å². The summed E-state index contributed by atoms with van der Waals surface area (Å²) in [4.78, 5) is 14.2. The number of amides is 1.